The summed E-state index contributed by atoms with van der Waals surface area (Å²) in [5.41, 5.74) is 0.626. The van der Waals surface area contributed by atoms with Gasteiger partial charge in [0.05, 0.1) is 7.11 Å². The first kappa shape index (κ1) is 20.3. The van der Waals surface area contributed by atoms with Gasteiger partial charge in [-0.15, -0.1) is 10.2 Å². The molecule has 0 aliphatic carbocycles. The van der Waals surface area contributed by atoms with E-state index in [9.17, 15) is 4.79 Å². The normalized spacial score (nSPS) is 15.5. The van der Waals surface area contributed by atoms with E-state index in [0.29, 0.717) is 18.5 Å². The van der Waals surface area contributed by atoms with E-state index in [4.69, 9.17) is 4.74 Å². The van der Waals surface area contributed by atoms with Gasteiger partial charge in [-0.05, 0) is 30.2 Å². The highest BCUT2D eigenvalue weighted by Crippen LogP contribution is 2.13. The van der Waals surface area contributed by atoms with Gasteiger partial charge in [-0.2, -0.15) is 0 Å². The van der Waals surface area contributed by atoms with Crippen molar-refractivity contribution in [2.75, 3.05) is 33.3 Å². The maximum absolute atomic E-state index is 12.3. The Morgan fingerprint density at radius 1 is 1.21 bits per heavy atom. The number of carbonyl (C=O) groups excluding carboxylic acids is 1. The van der Waals surface area contributed by atoms with Gasteiger partial charge >= 0.3 is 0 Å². The third-order valence-corrected chi connectivity index (χ3v) is 5.45. The van der Waals surface area contributed by atoms with Crippen molar-refractivity contribution < 1.29 is 9.53 Å². The number of methoxy groups -OCH3 is 1. The van der Waals surface area contributed by atoms with Crippen molar-refractivity contribution in [1.29, 1.82) is 0 Å². The van der Waals surface area contributed by atoms with Crippen molar-refractivity contribution >= 4 is 5.91 Å². The minimum absolute atomic E-state index is 0.0852. The second-order valence-corrected chi connectivity index (χ2v) is 7.48. The van der Waals surface area contributed by atoms with Gasteiger partial charge in [-0.25, -0.2) is 0 Å². The Balaban J connectivity index is 1.51. The first-order chi connectivity index (χ1) is 13.6. The third-order valence-electron chi connectivity index (χ3n) is 5.45. The van der Waals surface area contributed by atoms with E-state index < -0.39 is 0 Å². The number of carbonyl (C=O) groups is 1. The second-order valence-electron chi connectivity index (χ2n) is 7.48. The summed E-state index contributed by atoms with van der Waals surface area (Å²) < 4.78 is 7.36. The zero-order chi connectivity index (χ0) is 19.9. The largest absolute Gasteiger partial charge is 0.497 e. The molecule has 152 valence electrons. The molecule has 0 saturated carbocycles. The molecule has 1 aliphatic rings. The van der Waals surface area contributed by atoms with Crippen LogP contribution < -0.4 is 10.1 Å². The van der Waals surface area contributed by atoms with Gasteiger partial charge in [0.15, 0.2) is 0 Å². The fourth-order valence-corrected chi connectivity index (χ4v) is 3.50. The highest BCUT2D eigenvalue weighted by Gasteiger charge is 2.19. The number of rotatable bonds is 8. The van der Waals surface area contributed by atoms with Crippen molar-refractivity contribution in [2.45, 2.75) is 39.7 Å². The van der Waals surface area contributed by atoms with Crippen molar-refractivity contribution in [2.24, 2.45) is 5.92 Å². The van der Waals surface area contributed by atoms with Crippen LogP contribution in [-0.4, -0.2) is 58.9 Å². The van der Waals surface area contributed by atoms with E-state index in [-0.39, 0.29) is 5.91 Å². The number of aromatic nitrogens is 3. The fourth-order valence-electron chi connectivity index (χ4n) is 3.50. The molecule has 3 rings (SSSR count). The van der Waals surface area contributed by atoms with E-state index in [1.54, 1.807) is 31.4 Å². The average Bonchev–Trinajstić information content (AvgIpc) is 3.00. The van der Waals surface area contributed by atoms with Gasteiger partial charge < -0.3 is 19.5 Å². The van der Waals surface area contributed by atoms with Crippen molar-refractivity contribution in [3.63, 3.8) is 0 Å². The predicted octanol–water partition coefficient (Wildman–Crippen LogP) is 2.16. The molecule has 0 saturated heterocycles. The lowest BCUT2D eigenvalue weighted by Gasteiger charge is -2.22. The number of nitrogens with one attached hydrogen (secondary N) is 1. The maximum atomic E-state index is 12.3. The minimum atomic E-state index is -0.0852. The quantitative estimate of drug-likeness (QED) is 0.754. The molecule has 0 radical (unpaired) electrons. The molecule has 0 bridgehead atoms. The SMILES string of the molecule is CC[C@@H](C)CN1CCc2nnc(CCNC(=O)c3ccc(OC)cc3)n2CC1. The van der Waals surface area contributed by atoms with Gasteiger partial charge in [-0.3, -0.25) is 4.79 Å². The number of hydrogen-bond donors (Lipinski definition) is 1. The Labute approximate surface area is 167 Å². The van der Waals surface area contributed by atoms with Gasteiger partial charge in [-0.1, -0.05) is 20.3 Å². The van der Waals surface area contributed by atoms with Crippen molar-refractivity contribution in [3.8, 4) is 5.75 Å². The maximum Gasteiger partial charge on any atom is 0.251 e. The molecule has 1 aromatic heterocycles. The fraction of sp³-hybridized carbons (Fsp3) is 0.571. The van der Waals surface area contributed by atoms with Crippen LogP contribution in [0.2, 0.25) is 0 Å². The smallest absolute Gasteiger partial charge is 0.251 e. The Morgan fingerprint density at radius 3 is 2.71 bits per heavy atom. The van der Waals surface area contributed by atoms with E-state index in [1.165, 1.54) is 6.42 Å². The Hall–Kier alpha value is -2.41. The summed E-state index contributed by atoms with van der Waals surface area (Å²) >= 11 is 0. The van der Waals surface area contributed by atoms with Crippen LogP contribution >= 0.6 is 0 Å². The summed E-state index contributed by atoms with van der Waals surface area (Å²) in [5.74, 6) is 3.39. The molecule has 0 spiro atoms. The summed E-state index contributed by atoms with van der Waals surface area (Å²) in [6, 6.07) is 7.11. The molecule has 1 N–H and O–H groups in total. The van der Waals surface area contributed by atoms with Crippen LogP contribution in [0.4, 0.5) is 0 Å². The standard InChI is InChI=1S/C21H31N5O2/c1-4-16(2)15-25-12-10-20-24-23-19(26(20)14-13-25)9-11-22-21(27)17-5-7-18(28-3)8-6-17/h5-8,16H,4,9-15H2,1-3H3,(H,22,27)/t16-/m1/s1. The third kappa shape index (κ3) is 5.10. The molecule has 1 aromatic carbocycles. The molecule has 28 heavy (non-hydrogen) atoms. The molecule has 0 unspecified atom stereocenters. The molecule has 7 heteroatoms. The van der Waals surface area contributed by atoms with Crippen LogP contribution in [0.15, 0.2) is 24.3 Å². The van der Waals surface area contributed by atoms with Gasteiger partial charge in [0.25, 0.3) is 5.91 Å². The number of amides is 1. The van der Waals surface area contributed by atoms with E-state index in [0.717, 1.165) is 55.9 Å². The Morgan fingerprint density at radius 2 is 2.00 bits per heavy atom. The number of ether oxygens (including phenoxy) is 1. The van der Waals surface area contributed by atoms with Crippen LogP contribution in [0.3, 0.4) is 0 Å². The van der Waals surface area contributed by atoms with E-state index in [2.05, 4.69) is 38.8 Å². The highest BCUT2D eigenvalue weighted by atomic mass is 16.5. The highest BCUT2D eigenvalue weighted by molar-refractivity contribution is 5.94. The summed E-state index contributed by atoms with van der Waals surface area (Å²) in [5, 5.41) is 11.7. The molecule has 2 aromatic rings. The lowest BCUT2D eigenvalue weighted by atomic mass is 10.1. The van der Waals surface area contributed by atoms with Gasteiger partial charge in [0.1, 0.15) is 17.4 Å². The van der Waals surface area contributed by atoms with E-state index >= 15 is 0 Å². The van der Waals surface area contributed by atoms with E-state index in [1.807, 2.05) is 0 Å². The first-order valence-electron chi connectivity index (χ1n) is 10.2. The monoisotopic (exact) mass is 385 g/mol. The summed E-state index contributed by atoms with van der Waals surface area (Å²) in [6.07, 6.45) is 2.82. The zero-order valence-corrected chi connectivity index (χ0v) is 17.1. The van der Waals surface area contributed by atoms with Crippen molar-refractivity contribution in [3.05, 3.63) is 41.5 Å². The van der Waals surface area contributed by atoms with Crippen LogP contribution in [-0.2, 0) is 19.4 Å². The Kier molecular flexibility index (Phi) is 7.03. The lowest BCUT2D eigenvalue weighted by molar-refractivity contribution is 0.0954. The predicted molar refractivity (Wildman–Crippen MR) is 109 cm³/mol. The number of fused-ring (bicyclic) bond motifs is 1. The second kappa shape index (κ2) is 9.68. The molecular weight excluding hydrogens is 354 g/mol. The molecular formula is C21H31N5O2. The molecule has 2 heterocycles. The lowest BCUT2D eigenvalue weighted by Crippen LogP contribution is -2.31. The summed E-state index contributed by atoms with van der Waals surface area (Å²) in [6.45, 7) is 9.22. The molecule has 1 aliphatic heterocycles. The Bertz CT molecular complexity index is 772. The summed E-state index contributed by atoms with van der Waals surface area (Å²) in [4.78, 5) is 14.8. The average molecular weight is 386 g/mol. The van der Waals surface area contributed by atoms with Crippen LogP contribution in [0.1, 0.15) is 42.3 Å². The van der Waals surface area contributed by atoms with Crippen LogP contribution in [0, 0.1) is 5.92 Å². The van der Waals surface area contributed by atoms with Gasteiger partial charge in [0.2, 0.25) is 0 Å². The topological polar surface area (TPSA) is 72.3 Å². The number of benzene rings is 1. The van der Waals surface area contributed by atoms with Crippen molar-refractivity contribution in [1.82, 2.24) is 25.0 Å². The summed E-state index contributed by atoms with van der Waals surface area (Å²) in [7, 11) is 1.61. The number of hydrogen-bond acceptors (Lipinski definition) is 5. The zero-order valence-electron chi connectivity index (χ0n) is 17.1. The molecule has 7 nitrogen and oxygen atoms in total. The van der Waals surface area contributed by atoms with Crippen LogP contribution in [0.5, 0.6) is 5.75 Å². The minimum Gasteiger partial charge on any atom is -0.497 e. The molecule has 0 fully saturated rings. The van der Waals surface area contributed by atoms with Gasteiger partial charge in [0, 0.05) is 51.1 Å². The first-order valence-corrected chi connectivity index (χ1v) is 10.2. The molecule has 1 amide bonds. The number of nitrogens with zero attached hydrogens (tertiary/aromatic N) is 4. The molecule has 1 atom stereocenters. The van der Waals surface area contributed by atoms with Crippen LogP contribution in [0.25, 0.3) is 0 Å².